The number of benzene rings is 1. The molecule has 0 spiro atoms. The number of aliphatic imine (C=N–C) groups is 1. The van der Waals surface area contributed by atoms with Crippen LogP contribution in [0.2, 0.25) is 0 Å². The second-order valence-corrected chi connectivity index (χ2v) is 7.53. The van der Waals surface area contributed by atoms with Gasteiger partial charge in [-0.3, -0.25) is 9.71 Å². The average Bonchev–Trinajstić information content (AvgIpc) is 2.66. The summed E-state index contributed by atoms with van der Waals surface area (Å²) in [6.45, 7) is 4.18. The Hall–Kier alpha value is -1.40. The summed E-state index contributed by atoms with van der Waals surface area (Å²) in [5.74, 6) is 0.452. The summed E-state index contributed by atoms with van der Waals surface area (Å²) in [5.41, 5.74) is 0.578. The Morgan fingerprint density at radius 2 is 2.05 bits per heavy atom. The fourth-order valence-corrected chi connectivity index (χ4v) is 4.11. The number of sulfonamides is 1. The molecule has 5 nitrogen and oxygen atoms in total. The SMILES string of the molecule is COC1CC(N=C2NS(=O)(=O)c3ccccc32)C1(C)C. The molecule has 0 aromatic heterocycles. The van der Waals surface area contributed by atoms with Crippen molar-refractivity contribution in [2.75, 3.05) is 7.11 Å². The van der Waals surface area contributed by atoms with Gasteiger partial charge >= 0.3 is 0 Å². The van der Waals surface area contributed by atoms with Gasteiger partial charge in [0.15, 0.2) is 0 Å². The molecular formula is C14H18N2O3S. The van der Waals surface area contributed by atoms with Gasteiger partial charge < -0.3 is 4.74 Å². The number of rotatable bonds is 2. The summed E-state index contributed by atoms with van der Waals surface area (Å²) >= 11 is 0. The van der Waals surface area contributed by atoms with Crippen LogP contribution in [0.1, 0.15) is 25.8 Å². The third kappa shape index (κ3) is 1.86. The lowest BCUT2D eigenvalue weighted by Crippen LogP contribution is -2.53. The highest BCUT2D eigenvalue weighted by Gasteiger charge is 2.49. The Morgan fingerprint density at radius 1 is 1.35 bits per heavy atom. The zero-order valence-corrected chi connectivity index (χ0v) is 12.6. The van der Waals surface area contributed by atoms with E-state index in [0.29, 0.717) is 16.3 Å². The summed E-state index contributed by atoms with van der Waals surface area (Å²) in [5, 5.41) is 0. The molecule has 1 aromatic rings. The normalized spacial score (nSPS) is 31.4. The standard InChI is InChI=1S/C14H18N2O3S/c1-14(2)11(8-12(14)19-3)15-13-9-6-4-5-7-10(9)20(17,18)16-13/h4-7,11-12H,8H2,1-3H3,(H,15,16). The molecule has 0 amide bonds. The third-order valence-corrected chi connectivity index (χ3v) is 5.76. The monoisotopic (exact) mass is 294 g/mol. The molecule has 2 atom stereocenters. The zero-order chi connectivity index (χ0) is 14.5. The van der Waals surface area contributed by atoms with E-state index in [1.54, 1.807) is 25.3 Å². The molecule has 6 heteroatoms. The Balaban J connectivity index is 1.96. The van der Waals surface area contributed by atoms with Crippen LogP contribution in [0.15, 0.2) is 34.2 Å². The molecule has 0 bridgehead atoms. The quantitative estimate of drug-likeness (QED) is 0.899. The Morgan fingerprint density at radius 3 is 2.70 bits per heavy atom. The smallest absolute Gasteiger partial charge is 0.263 e. The van der Waals surface area contributed by atoms with E-state index in [-0.39, 0.29) is 17.6 Å². The van der Waals surface area contributed by atoms with E-state index in [9.17, 15) is 8.42 Å². The van der Waals surface area contributed by atoms with Gasteiger partial charge in [0.1, 0.15) is 5.84 Å². The predicted molar refractivity (Wildman–Crippen MR) is 76.3 cm³/mol. The Kier molecular flexibility index (Phi) is 2.92. The van der Waals surface area contributed by atoms with E-state index in [2.05, 4.69) is 23.6 Å². The number of hydrogen-bond donors (Lipinski definition) is 1. The van der Waals surface area contributed by atoms with Crippen LogP contribution in [0.5, 0.6) is 0 Å². The maximum Gasteiger partial charge on any atom is 0.263 e. The van der Waals surface area contributed by atoms with Crippen molar-refractivity contribution in [2.24, 2.45) is 10.4 Å². The minimum Gasteiger partial charge on any atom is -0.381 e. The van der Waals surface area contributed by atoms with Crippen molar-refractivity contribution in [3.05, 3.63) is 29.8 Å². The number of ether oxygens (including phenoxy) is 1. The second kappa shape index (κ2) is 4.30. The maximum absolute atomic E-state index is 12.0. The number of hydrogen-bond acceptors (Lipinski definition) is 4. The van der Waals surface area contributed by atoms with Crippen molar-refractivity contribution in [1.29, 1.82) is 0 Å². The number of nitrogens with zero attached hydrogens (tertiary/aromatic N) is 1. The Labute approximate surface area is 119 Å². The van der Waals surface area contributed by atoms with Gasteiger partial charge in [0, 0.05) is 18.1 Å². The second-order valence-electron chi connectivity index (χ2n) is 5.88. The minimum atomic E-state index is -3.45. The molecule has 2 unspecified atom stereocenters. The van der Waals surface area contributed by atoms with Gasteiger partial charge in [0.2, 0.25) is 0 Å². The molecule has 1 aliphatic heterocycles. The highest BCUT2D eigenvalue weighted by atomic mass is 32.2. The number of nitrogens with one attached hydrogen (secondary N) is 1. The van der Waals surface area contributed by atoms with Crippen LogP contribution in [0.3, 0.4) is 0 Å². The number of amidine groups is 1. The molecule has 1 saturated carbocycles. The van der Waals surface area contributed by atoms with Gasteiger partial charge in [-0.2, -0.15) is 0 Å². The molecule has 108 valence electrons. The van der Waals surface area contributed by atoms with Crippen LogP contribution in [0, 0.1) is 5.41 Å². The molecule has 1 fully saturated rings. The van der Waals surface area contributed by atoms with Crippen molar-refractivity contribution >= 4 is 15.9 Å². The zero-order valence-electron chi connectivity index (χ0n) is 11.8. The van der Waals surface area contributed by atoms with Crippen molar-refractivity contribution in [3.63, 3.8) is 0 Å². The minimum absolute atomic E-state index is 0.0660. The first-order valence-electron chi connectivity index (χ1n) is 6.59. The van der Waals surface area contributed by atoms with Gasteiger partial charge in [-0.05, 0) is 18.6 Å². The van der Waals surface area contributed by atoms with E-state index in [4.69, 9.17) is 4.74 Å². The lowest BCUT2D eigenvalue weighted by molar-refractivity contribution is -0.0850. The van der Waals surface area contributed by atoms with Crippen molar-refractivity contribution < 1.29 is 13.2 Å². The van der Waals surface area contributed by atoms with Crippen molar-refractivity contribution in [1.82, 2.24) is 4.72 Å². The summed E-state index contributed by atoms with van der Waals surface area (Å²) < 4.78 is 32.0. The van der Waals surface area contributed by atoms with Crippen LogP contribution in [0.4, 0.5) is 0 Å². The average molecular weight is 294 g/mol. The van der Waals surface area contributed by atoms with E-state index in [1.807, 2.05) is 6.07 Å². The van der Waals surface area contributed by atoms with Crippen LogP contribution in [-0.4, -0.2) is 33.5 Å². The molecular weight excluding hydrogens is 276 g/mol. The van der Waals surface area contributed by atoms with Crippen molar-refractivity contribution in [2.45, 2.75) is 37.3 Å². The Bertz CT molecular complexity index is 679. The third-order valence-electron chi connectivity index (χ3n) is 4.36. The van der Waals surface area contributed by atoms with Crippen LogP contribution in [0.25, 0.3) is 0 Å². The lowest BCUT2D eigenvalue weighted by atomic mass is 9.65. The van der Waals surface area contributed by atoms with Gasteiger partial charge in [-0.1, -0.05) is 26.0 Å². The maximum atomic E-state index is 12.0. The highest BCUT2D eigenvalue weighted by Crippen LogP contribution is 2.45. The van der Waals surface area contributed by atoms with Crippen molar-refractivity contribution in [3.8, 4) is 0 Å². The molecule has 2 aliphatic rings. The molecule has 1 aliphatic carbocycles. The predicted octanol–water partition coefficient (Wildman–Crippen LogP) is 1.54. The molecule has 1 N–H and O–H groups in total. The van der Waals surface area contributed by atoms with E-state index in [0.717, 1.165) is 6.42 Å². The molecule has 20 heavy (non-hydrogen) atoms. The van der Waals surface area contributed by atoms with Gasteiger partial charge in [0.05, 0.1) is 17.0 Å². The van der Waals surface area contributed by atoms with Crippen LogP contribution in [-0.2, 0) is 14.8 Å². The number of methoxy groups -OCH3 is 1. The van der Waals surface area contributed by atoms with E-state index >= 15 is 0 Å². The molecule has 1 heterocycles. The molecule has 3 rings (SSSR count). The summed E-state index contributed by atoms with van der Waals surface area (Å²) in [7, 11) is -1.76. The topological polar surface area (TPSA) is 67.8 Å². The van der Waals surface area contributed by atoms with E-state index < -0.39 is 10.0 Å². The van der Waals surface area contributed by atoms with Gasteiger partial charge in [-0.25, -0.2) is 8.42 Å². The number of fused-ring (bicyclic) bond motifs is 1. The first kappa shape index (κ1) is 13.6. The molecule has 0 radical (unpaired) electrons. The van der Waals surface area contributed by atoms with Crippen LogP contribution >= 0.6 is 0 Å². The highest BCUT2D eigenvalue weighted by molar-refractivity contribution is 7.90. The summed E-state index contributed by atoms with van der Waals surface area (Å²) in [4.78, 5) is 4.92. The largest absolute Gasteiger partial charge is 0.381 e. The van der Waals surface area contributed by atoms with Gasteiger partial charge in [0.25, 0.3) is 10.0 Å². The fourth-order valence-electron chi connectivity index (χ4n) is 2.87. The lowest BCUT2D eigenvalue weighted by Gasteiger charge is -2.49. The molecule has 0 saturated heterocycles. The van der Waals surface area contributed by atoms with E-state index in [1.165, 1.54) is 0 Å². The fraction of sp³-hybridized carbons (Fsp3) is 0.500. The summed E-state index contributed by atoms with van der Waals surface area (Å²) in [6, 6.07) is 6.99. The van der Waals surface area contributed by atoms with Crippen LogP contribution < -0.4 is 4.72 Å². The summed E-state index contributed by atoms with van der Waals surface area (Å²) in [6.07, 6.45) is 0.988. The first-order chi connectivity index (χ1) is 9.36. The first-order valence-corrected chi connectivity index (χ1v) is 8.07. The molecule has 1 aromatic carbocycles. The van der Waals surface area contributed by atoms with Gasteiger partial charge in [-0.15, -0.1) is 0 Å².